The zero-order valence-corrected chi connectivity index (χ0v) is 15.7. The van der Waals surface area contributed by atoms with E-state index < -0.39 is 5.97 Å². The van der Waals surface area contributed by atoms with Gasteiger partial charge in [0.15, 0.2) is 0 Å². The minimum atomic E-state index is -0.397. The van der Waals surface area contributed by atoms with Crippen LogP contribution in [-0.2, 0) is 9.53 Å². The highest BCUT2D eigenvalue weighted by Gasteiger charge is 2.06. The van der Waals surface area contributed by atoms with E-state index in [1.54, 1.807) is 19.1 Å². The Morgan fingerprint density at radius 2 is 1.68 bits per heavy atom. The summed E-state index contributed by atoms with van der Waals surface area (Å²) >= 11 is 0. The molecule has 7 nitrogen and oxygen atoms in total. The molecule has 0 aromatic heterocycles. The number of esters is 1. The number of azo groups is 1. The molecule has 0 amide bonds. The summed E-state index contributed by atoms with van der Waals surface area (Å²) in [6.07, 6.45) is 0. The number of carbonyl (C=O) groups excluding carboxylic acids is 1. The molecule has 0 spiro atoms. The highest BCUT2D eigenvalue weighted by Crippen LogP contribution is 2.23. The Labute approximate surface area is 163 Å². The van der Waals surface area contributed by atoms with E-state index >= 15 is 0 Å². The molecule has 0 saturated heterocycles. The largest absolute Gasteiger partial charge is 0.460 e. The number of benzene rings is 2. The molecule has 0 radical (unpaired) electrons. The number of hydrogen-bond donors (Lipinski definition) is 0. The summed E-state index contributed by atoms with van der Waals surface area (Å²) in [4.78, 5) is 13.3. The Balaban J connectivity index is 1.98. The number of carbonyl (C=O) groups is 1. The zero-order valence-electron chi connectivity index (χ0n) is 15.7. The third kappa shape index (κ3) is 5.52. The van der Waals surface area contributed by atoms with Crippen LogP contribution in [0.4, 0.5) is 17.1 Å². The Kier molecular flexibility index (Phi) is 7.01. The van der Waals surface area contributed by atoms with Crippen molar-refractivity contribution >= 4 is 23.0 Å². The molecule has 2 rings (SSSR count). The third-order valence-corrected chi connectivity index (χ3v) is 3.82. The fourth-order valence-electron chi connectivity index (χ4n) is 2.20. The topological polar surface area (TPSA) is 102 Å². The molecule has 0 fully saturated rings. The molecular weight excluding hydrogens is 354 g/mol. The van der Waals surface area contributed by atoms with Gasteiger partial charge in [0.25, 0.3) is 0 Å². The van der Waals surface area contributed by atoms with Crippen molar-refractivity contribution in [2.24, 2.45) is 10.2 Å². The molecule has 0 aliphatic rings. The number of ether oxygens (including phenoxy) is 1. The van der Waals surface area contributed by atoms with Gasteiger partial charge in [-0.15, -0.1) is 0 Å². The van der Waals surface area contributed by atoms with Crippen LogP contribution in [0.2, 0.25) is 0 Å². The van der Waals surface area contributed by atoms with Crippen molar-refractivity contribution in [3.05, 3.63) is 65.7 Å². The van der Waals surface area contributed by atoms with Crippen molar-refractivity contribution in [3.63, 3.8) is 0 Å². The van der Waals surface area contributed by atoms with Crippen LogP contribution in [0.1, 0.15) is 18.1 Å². The van der Waals surface area contributed by atoms with Gasteiger partial charge in [0.1, 0.15) is 18.7 Å². The maximum atomic E-state index is 11.4. The van der Waals surface area contributed by atoms with Gasteiger partial charge >= 0.3 is 5.97 Å². The van der Waals surface area contributed by atoms with Gasteiger partial charge in [0.2, 0.25) is 0 Å². The first-order valence-corrected chi connectivity index (χ1v) is 8.44. The molecule has 0 aliphatic heterocycles. The van der Waals surface area contributed by atoms with Crippen LogP contribution < -0.4 is 4.90 Å². The SMILES string of the molecule is C=C(C)C(=O)OCCN(C)c1ccc(N=Nc2ccc(C#N)c(C#N)c2)cc1. The monoisotopic (exact) mass is 373 g/mol. The molecule has 2 aromatic carbocycles. The van der Waals surface area contributed by atoms with Crippen LogP contribution in [0.15, 0.2) is 64.8 Å². The second-order valence-corrected chi connectivity index (χ2v) is 6.01. The van der Waals surface area contributed by atoms with E-state index in [2.05, 4.69) is 16.8 Å². The van der Waals surface area contributed by atoms with Crippen molar-refractivity contribution in [3.8, 4) is 12.1 Å². The first kappa shape index (κ1) is 20.3. The van der Waals surface area contributed by atoms with Gasteiger partial charge < -0.3 is 9.64 Å². The Morgan fingerprint density at radius 1 is 1.07 bits per heavy atom. The predicted molar refractivity (Wildman–Crippen MR) is 106 cm³/mol. The van der Waals surface area contributed by atoms with Crippen LogP contribution in [0, 0.1) is 22.7 Å². The number of nitrogens with zero attached hydrogens (tertiary/aromatic N) is 5. The minimum Gasteiger partial charge on any atom is -0.460 e. The molecule has 0 unspecified atom stereocenters. The summed E-state index contributed by atoms with van der Waals surface area (Å²) in [5.41, 5.74) is 3.04. The van der Waals surface area contributed by atoms with Gasteiger partial charge in [-0.3, -0.25) is 0 Å². The van der Waals surface area contributed by atoms with E-state index in [9.17, 15) is 4.79 Å². The molecule has 0 N–H and O–H groups in total. The van der Waals surface area contributed by atoms with Crippen LogP contribution >= 0.6 is 0 Å². The summed E-state index contributed by atoms with van der Waals surface area (Å²) in [5.74, 6) is -0.397. The van der Waals surface area contributed by atoms with E-state index in [1.165, 1.54) is 6.07 Å². The summed E-state index contributed by atoms with van der Waals surface area (Å²) in [5, 5.41) is 26.2. The van der Waals surface area contributed by atoms with Gasteiger partial charge in [-0.2, -0.15) is 20.8 Å². The molecule has 0 saturated carbocycles. The van der Waals surface area contributed by atoms with Crippen molar-refractivity contribution in [1.82, 2.24) is 0 Å². The summed E-state index contributed by atoms with van der Waals surface area (Å²) in [6.45, 7) is 5.96. The second-order valence-electron chi connectivity index (χ2n) is 6.01. The summed E-state index contributed by atoms with van der Waals surface area (Å²) in [7, 11) is 1.89. The lowest BCUT2D eigenvalue weighted by Crippen LogP contribution is -2.23. The average molecular weight is 373 g/mol. The molecule has 2 aromatic rings. The molecule has 0 aliphatic carbocycles. The first-order chi connectivity index (χ1) is 13.4. The Bertz CT molecular complexity index is 981. The Morgan fingerprint density at radius 3 is 2.29 bits per heavy atom. The molecule has 140 valence electrons. The van der Waals surface area contributed by atoms with Crippen molar-refractivity contribution in [2.75, 3.05) is 25.1 Å². The smallest absolute Gasteiger partial charge is 0.333 e. The number of nitriles is 2. The van der Waals surface area contributed by atoms with E-state index in [0.717, 1.165) is 5.69 Å². The van der Waals surface area contributed by atoms with Crippen LogP contribution in [-0.4, -0.2) is 26.2 Å². The fraction of sp³-hybridized carbons (Fsp3) is 0.190. The molecule has 7 heteroatoms. The average Bonchev–Trinajstić information content (AvgIpc) is 2.72. The first-order valence-electron chi connectivity index (χ1n) is 8.44. The lowest BCUT2D eigenvalue weighted by atomic mass is 10.1. The van der Waals surface area contributed by atoms with Gasteiger partial charge in [0.05, 0.1) is 29.0 Å². The molecule has 28 heavy (non-hydrogen) atoms. The normalized spacial score (nSPS) is 10.1. The van der Waals surface area contributed by atoms with Crippen LogP contribution in [0.25, 0.3) is 0 Å². The van der Waals surface area contributed by atoms with Gasteiger partial charge in [-0.05, 0) is 49.4 Å². The van der Waals surface area contributed by atoms with Gasteiger partial charge in [0, 0.05) is 18.3 Å². The molecular formula is C21H19N5O2. The van der Waals surface area contributed by atoms with E-state index in [4.69, 9.17) is 15.3 Å². The van der Waals surface area contributed by atoms with Crippen LogP contribution in [0.5, 0.6) is 0 Å². The highest BCUT2D eigenvalue weighted by molar-refractivity contribution is 5.86. The maximum absolute atomic E-state index is 11.4. The summed E-state index contributed by atoms with van der Waals surface area (Å²) in [6, 6.07) is 16.0. The third-order valence-electron chi connectivity index (χ3n) is 3.82. The lowest BCUT2D eigenvalue weighted by Gasteiger charge is -2.19. The quantitative estimate of drug-likeness (QED) is 0.406. The van der Waals surface area contributed by atoms with Crippen molar-refractivity contribution in [2.45, 2.75) is 6.92 Å². The van der Waals surface area contributed by atoms with Crippen LogP contribution in [0.3, 0.4) is 0 Å². The highest BCUT2D eigenvalue weighted by atomic mass is 16.5. The number of anilines is 1. The van der Waals surface area contributed by atoms with E-state index in [-0.39, 0.29) is 12.2 Å². The van der Waals surface area contributed by atoms with Crippen molar-refractivity contribution < 1.29 is 9.53 Å². The predicted octanol–water partition coefficient (Wildman–Crippen LogP) is 4.40. The van der Waals surface area contributed by atoms with Gasteiger partial charge in [-0.25, -0.2) is 4.79 Å². The number of hydrogen-bond acceptors (Lipinski definition) is 7. The number of rotatable bonds is 7. The lowest BCUT2D eigenvalue weighted by molar-refractivity contribution is -0.138. The molecule has 0 bridgehead atoms. The molecule has 0 heterocycles. The summed E-state index contributed by atoms with van der Waals surface area (Å²) < 4.78 is 5.09. The van der Waals surface area contributed by atoms with Crippen molar-refractivity contribution in [1.29, 1.82) is 10.5 Å². The zero-order chi connectivity index (χ0) is 20.5. The van der Waals surface area contributed by atoms with E-state index in [0.29, 0.717) is 29.1 Å². The second kappa shape index (κ2) is 9.65. The van der Waals surface area contributed by atoms with E-state index in [1.807, 2.05) is 48.4 Å². The minimum absolute atomic E-state index is 0.267. The molecule has 0 atom stereocenters. The fourth-order valence-corrected chi connectivity index (χ4v) is 2.20. The Hall–Kier alpha value is -3.97. The number of likely N-dealkylation sites (N-methyl/N-ethyl adjacent to an activating group) is 1. The standard InChI is InChI=1S/C21H19N5O2/c1-15(2)21(27)28-11-10-26(3)20-8-6-18(7-9-20)24-25-19-5-4-16(13-22)17(12-19)14-23/h4-9,12H,1,10-11H2,2-3H3. The maximum Gasteiger partial charge on any atom is 0.333 e. The van der Waals surface area contributed by atoms with Gasteiger partial charge in [-0.1, -0.05) is 6.58 Å².